The zero-order chi connectivity index (χ0) is 12.9. The molecule has 0 saturated carbocycles. The number of ether oxygens (including phenoxy) is 1. The molecule has 96 valence electrons. The zero-order valence-corrected chi connectivity index (χ0v) is 11.1. The Kier molecular flexibility index (Phi) is 5.10. The van der Waals surface area contributed by atoms with Crippen molar-refractivity contribution in [1.82, 2.24) is 9.97 Å². The average Bonchev–Trinajstić information content (AvgIpc) is 2.15. The Labute approximate surface area is 105 Å². The van der Waals surface area contributed by atoms with Crippen molar-refractivity contribution < 1.29 is 13.2 Å². The van der Waals surface area contributed by atoms with Crippen molar-refractivity contribution >= 4 is 27.6 Å². The molecule has 1 aromatic rings. The zero-order valence-electron chi connectivity index (χ0n) is 9.55. The van der Waals surface area contributed by atoms with Gasteiger partial charge in [-0.15, -0.1) is 0 Å². The van der Waals surface area contributed by atoms with Gasteiger partial charge in [0, 0.05) is 6.20 Å². The summed E-state index contributed by atoms with van der Waals surface area (Å²) in [6, 6.07) is 1.46. The quantitative estimate of drug-likeness (QED) is 0.794. The Morgan fingerprint density at radius 3 is 2.82 bits per heavy atom. The van der Waals surface area contributed by atoms with Gasteiger partial charge in [-0.3, -0.25) is 4.72 Å². The summed E-state index contributed by atoms with van der Waals surface area (Å²) in [5.41, 5.74) is 0. The van der Waals surface area contributed by atoms with Gasteiger partial charge >= 0.3 is 0 Å². The van der Waals surface area contributed by atoms with E-state index < -0.39 is 10.0 Å². The van der Waals surface area contributed by atoms with Gasteiger partial charge in [0.2, 0.25) is 16.0 Å². The van der Waals surface area contributed by atoms with Crippen LogP contribution in [0.25, 0.3) is 0 Å². The average molecular weight is 280 g/mol. The van der Waals surface area contributed by atoms with Gasteiger partial charge in [0.15, 0.2) is 0 Å². The summed E-state index contributed by atoms with van der Waals surface area (Å²) in [4.78, 5) is 7.47. The SMILES string of the molecule is CC(C)OCCS(=O)(=O)Nc1nccc(Cl)n1. The van der Waals surface area contributed by atoms with Crippen LogP contribution in [0.2, 0.25) is 5.15 Å². The fourth-order valence-corrected chi connectivity index (χ4v) is 1.90. The second kappa shape index (κ2) is 6.13. The molecule has 0 atom stereocenters. The van der Waals surface area contributed by atoms with Crippen LogP contribution >= 0.6 is 11.6 Å². The van der Waals surface area contributed by atoms with Crippen LogP contribution in [0.3, 0.4) is 0 Å². The maximum Gasteiger partial charge on any atom is 0.237 e. The molecule has 8 heteroatoms. The Hall–Kier alpha value is -0.920. The predicted molar refractivity (Wildman–Crippen MR) is 65.5 cm³/mol. The molecule has 1 rings (SSSR count). The van der Waals surface area contributed by atoms with Gasteiger partial charge in [0.05, 0.1) is 18.5 Å². The first-order chi connectivity index (χ1) is 7.89. The van der Waals surface area contributed by atoms with E-state index in [1.54, 1.807) is 0 Å². The van der Waals surface area contributed by atoms with Gasteiger partial charge in [-0.1, -0.05) is 11.6 Å². The number of nitrogens with zero attached hydrogens (tertiary/aromatic N) is 2. The third-order valence-corrected chi connectivity index (χ3v) is 3.08. The van der Waals surface area contributed by atoms with Gasteiger partial charge in [-0.2, -0.15) is 0 Å². The number of hydrogen-bond acceptors (Lipinski definition) is 5. The molecule has 0 saturated heterocycles. The molecule has 1 heterocycles. The first-order valence-electron chi connectivity index (χ1n) is 5.00. The summed E-state index contributed by atoms with van der Waals surface area (Å²) in [6.07, 6.45) is 1.37. The van der Waals surface area contributed by atoms with Crippen molar-refractivity contribution in [3.05, 3.63) is 17.4 Å². The Balaban J connectivity index is 2.55. The minimum atomic E-state index is -3.51. The lowest BCUT2D eigenvalue weighted by Crippen LogP contribution is -2.22. The topological polar surface area (TPSA) is 81.2 Å². The maximum atomic E-state index is 11.6. The molecule has 0 unspecified atom stereocenters. The minimum absolute atomic E-state index is 0.00683. The third kappa shape index (κ3) is 5.81. The molecule has 0 aromatic carbocycles. The second-order valence-corrected chi connectivity index (χ2v) is 5.77. The highest BCUT2D eigenvalue weighted by Crippen LogP contribution is 2.07. The lowest BCUT2D eigenvalue weighted by molar-refractivity contribution is 0.0913. The molecule has 17 heavy (non-hydrogen) atoms. The van der Waals surface area contributed by atoms with Crippen molar-refractivity contribution in [2.24, 2.45) is 0 Å². The van der Waals surface area contributed by atoms with E-state index in [0.717, 1.165) is 0 Å². The van der Waals surface area contributed by atoms with E-state index in [2.05, 4.69) is 14.7 Å². The van der Waals surface area contributed by atoms with Crippen LogP contribution in [0.15, 0.2) is 12.3 Å². The molecule has 0 aliphatic rings. The van der Waals surface area contributed by atoms with Crippen molar-refractivity contribution in [2.75, 3.05) is 17.1 Å². The normalized spacial score (nSPS) is 11.8. The predicted octanol–water partition coefficient (Wildman–Crippen LogP) is 1.30. The Morgan fingerprint density at radius 1 is 1.53 bits per heavy atom. The van der Waals surface area contributed by atoms with Gasteiger partial charge in [-0.25, -0.2) is 18.4 Å². The van der Waals surface area contributed by atoms with E-state index in [1.807, 2.05) is 13.8 Å². The van der Waals surface area contributed by atoms with Crippen LogP contribution in [0.1, 0.15) is 13.8 Å². The van der Waals surface area contributed by atoms with Crippen LogP contribution in [0.4, 0.5) is 5.95 Å². The van der Waals surface area contributed by atoms with E-state index in [9.17, 15) is 8.42 Å². The molecule has 0 amide bonds. The summed E-state index contributed by atoms with van der Waals surface area (Å²) >= 11 is 5.61. The standard InChI is InChI=1S/C9H14ClN3O3S/c1-7(2)16-5-6-17(14,15)13-9-11-4-3-8(10)12-9/h3-4,7H,5-6H2,1-2H3,(H,11,12,13). The highest BCUT2D eigenvalue weighted by molar-refractivity contribution is 7.92. The van der Waals surface area contributed by atoms with Crippen molar-refractivity contribution in [3.8, 4) is 0 Å². The smallest absolute Gasteiger partial charge is 0.237 e. The number of hydrogen-bond donors (Lipinski definition) is 1. The molecule has 0 aliphatic carbocycles. The molecule has 1 N–H and O–H groups in total. The highest BCUT2D eigenvalue weighted by Gasteiger charge is 2.12. The molecular weight excluding hydrogens is 266 g/mol. The van der Waals surface area contributed by atoms with E-state index in [1.165, 1.54) is 12.3 Å². The third-order valence-electron chi connectivity index (χ3n) is 1.67. The summed E-state index contributed by atoms with van der Waals surface area (Å²) in [6.45, 7) is 3.79. The molecule has 6 nitrogen and oxygen atoms in total. The van der Waals surface area contributed by atoms with E-state index >= 15 is 0 Å². The van der Waals surface area contributed by atoms with E-state index in [-0.39, 0.29) is 29.6 Å². The summed E-state index contributed by atoms with van der Waals surface area (Å²) in [7, 11) is -3.51. The molecule has 0 radical (unpaired) electrons. The Bertz CT molecular complexity index is 464. The first kappa shape index (κ1) is 14.1. The van der Waals surface area contributed by atoms with Gasteiger partial charge in [-0.05, 0) is 19.9 Å². The largest absolute Gasteiger partial charge is 0.378 e. The molecule has 0 aliphatic heterocycles. The van der Waals surface area contributed by atoms with Crippen LogP contribution in [0.5, 0.6) is 0 Å². The molecule has 0 fully saturated rings. The lowest BCUT2D eigenvalue weighted by atomic mass is 10.5. The van der Waals surface area contributed by atoms with Crippen LogP contribution in [-0.2, 0) is 14.8 Å². The van der Waals surface area contributed by atoms with Crippen molar-refractivity contribution in [3.63, 3.8) is 0 Å². The van der Waals surface area contributed by atoms with Crippen LogP contribution in [0, 0.1) is 0 Å². The molecule has 1 aromatic heterocycles. The number of sulfonamides is 1. The summed E-state index contributed by atoms with van der Waals surface area (Å²) in [5, 5.41) is 0.177. The lowest BCUT2D eigenvalue weighted by Gasteiger charge is -2.09. The fraction of sp³-hybridized carbons (Fsp3) is 0.556. The van der Waals surface area contributed by atoms with Gasteiger partial charge < -0.3 is 4.74 Å². The molecule has 0 spiro atoms. The maximum absolute atomic E-state index is 11.6. The summed E-state index contributed by atoms with van der Waals surface area (Å²) < 4.78 is 30.5. The minimum Gasteiger partial charge on any atom is -0.378 e. The monoisotopic (exact) mass is 279 g/mol. The van der Waals surface area contributed by atoms with E-state index in [0.29, 0.717) is 0 Å². The molecule has 0 bridgehead atoms. The Morgan fingerprint density at radius 2 is 2.24 bits per heavy atom. The van der Waals surface area contributed by atoms with E-state index in [4.69, 9.17) is 16.3 Å². The first-order valence-corrected chi connectivity index (χ1v) is 7.03. The number of aromatic nitrogens is 2. The van der Waals surface area contributed by atoms with Crippen molar-refractivity contribution in [1.29, 1.82) is 0 Å². The van der Waals surface area contributed by atoms with Crippen LogP contribution < -0.4 is 4.72 Å². The van der Waals surface area contributed by atoms with Gasteiger partial charge in [0.1, 0.15) is 5.15 Å². The molecular formula is C9H14ClN3O3S. The van der Waals surface area contributed by atoms with Gasteiger partial charge in [0.25, 0.3) is 0 Å². The number of anilines is 1. The fourth-order valence-electron chi connectivity index (χ4n) is 0.969. The second-order valence-electron chi connectivity index (χ2n) is 3.54. The number of halogens is 1. The summed E-state index contributed by atoms with van der Waals surface area (Å²) in [5.74, 6) is -0.192. The number of nitrogens with one attached hydrogen (secondary N) is 1. The van der Waals surface area contributed by atoms with Crippen LogP contribution in [-0.4, -0.2) is 36.8 Å². The highest BCUT2D eigenvalue weighted by atomic mass is 35.5. The number of rotatable bonds is 6. The van der Waals surface area contributed by atoms with Crippen molar-refractivity contribution in [2.45, 2.75) is 20.0 Å².